The van der Waals surface area contributed by atoms with E-state index >= 15 is 0 Å². The molecule has 1 aromatic carbocycles. The fraction of sp³-hybridized carbons (Fsp3) is 0.524. The van der Waals surface area contributed by atoms with E-state index in [1.807, 2.05) is 24.4 Å². The third-order valence-corrected chi connectivity index (χ3v) is 5.46. The van der Waals surface area contributed by atoms with E-state index < -0.39 is 0 Å². The number of hydrogen-bond acceptors (Lipinski definition) is 6. The van der Waals surface area contributed by atoms with Crippen molar-refractivity contribution in [2.45, 2.75) is 33.9 Å². The summed E-state index contributed by atoms with van der Waals surface area (Å²) in [4.78, 5) is 12.2. The van der Waals surface area contributed by atoms with Gasteiger partial charge in [-0.1, -0.05) is 19.9 Å². The summed E-state index contributed by atoms with van der Waals surface area (Å²) in [5.74, 6) is 2.24. The van der Waals surface area contributed by atoms with Crippen molar-refractivity contribution in [2.75, 3.05) is 40.4 Å². The van der Waals surface area contributed by atoms with Gasteiger partial charge in [-0.3, -0.25) is 4.99 Å². The molecule has 2 rings (SSSR count). The molecule has 9 heteroatoms. The van der Waals surface area contributed by atoms with E-state index in [9.17, 15) is 0 Å². The summed E-state index contributed by atoms with van der Waals surface area (Å²) in [7, 11) is 3.43. The number of benzene rings is 1. The lowest BCUT2D eigenvalue weighted by Gasteiger charge is -2.19. The third kappa shape index (κ3) is 8.65. The highest BCUT2D eigenvalue weighted by Crippen LogP contribution is 2.28. The number of aryl methyl sites for hydroxylation is 1. The van der Waals surface area contributed by atoms with E-state index in [2.05, 4.69) is 46.3 Å². The van der Waals surface area contributed by atoms with Crippen LogP contribution in [0.3, 0.4) is 0 Å². The monoisotopic (exact) mass is 547 g/mol. The number of guanidine groups is 1. The summed E-state index contributed by atoms with van der Waals surface area (Å²) < 4.78 is 11.4. The minimum absolute atomic E-state index is 0. The first-order valence-corrected chi connectivity index (χ1v) is 10.8. The number of nitrogens with zero attached hydrogens (tertiary/aromatic N) is 3. The molecule has 0 fully saturated rings. The predicted octanol–water partition coefficient (Wildman–Crippen LogP) is 3.66. The van der Waals surface area contributed by atoms with Crippen molar-refractivity contribution >= 4 is 41.3 Å². The molecule has 0 unspecified atom stereocenters. The van der Waals surface area contributed by atoms with Gasteiger partial charge in [0.15, 0.2) is 17.5 Å². The summed E-state index contributed by atoms with van der Waals surface area (Å²) in [5, 5.41) is 7.64. The Bertz CT molecular complexity index is 781. The molecule has 0 saturated heterocycles. The largest absolute Gasteiger partial charge is 0.493 e. The first kappa shape index (κ1) is 26.4. The second kappa shape index (κ2) is 14.4. The zero-order valence-corrected chi connectivity index (χ0v) is 21.7. The maximum absolute atomic E-state index is 5.92. The number of methoxy groups -OCH3 is 1. The number of rotatable bonds is 11. The van der Waals surface area contributed by atoms with Gasteiger partial charge in [0, 0.05) is 31.2 Å². The molecular weight excluding hydrogens is 513 g/mol. The minimum Gasteiger partial charge on any atom is -0.493 e. The quantitative estimate of drug-likeness (QED) is 0.254. The van der Waals surface area contributed by atoms with Crippen molar-refractivity contribution in [1.82, 2.24) is 20.5 Å². The van der Waals surface area contributed by atoms with Crippen molar-refractivity contribution in [3.05, 3.63) is 39.8 Å². The Hall–Kier alpha value is -1.59. The third-order valence-electron chi connectivity index (χ3n) is 4.55. The molecule has 0 atom stereocenters. The second-order valence-electron chi connectivity index (χ2n) is 6.50. The summed E-state index contributed by atoms with van der Waals surface area (Å²) >= 11 is 1.68. The van der Waals surface area contributed by atoms with Crippen LogP contribution in [0.25, 0.3) is 0 Å². The lowest BCUT2D eigenvalue weighted by Crippen LogP contribution is -2.36. The van der Waals surface area contributed by atoms with Gasteiger partial charge in [0.2, 0.25) is 0 Å². The molecule has 0 bridgehead atoms. The van der Waals surface area contributed by atoms with Gasteiger partial charge in [-0.25, -0.2) is 4.98 Å². The van der Waals surface area contributed by atoms with E-state index in [1.54, 1.807) is 25.5 Å². The van der Waals surface area contributed by atoms with Gasteiger partial charge >= 0.3 is 0 Å². The Morgan fingerprint density at radius 2 is 1.90 bits per heavy atom. The van der Waals surface area contributed by atoms with Crippen molar-refractivity contribution < 1.29 is 9.47 Å². The Kier molecular flexibility index (Phi) is 12.7. The van der Waals surface area contributed by atoms with Crippen LogP contribution in [0.5, 0.6) is 11.5 Å². The number of aliphatic imine (C=N–C) groups is 1. The van der Waals surface area contributed by atoms with Gasteiger partial charge in [0.05, 0.1) is 13.7 Å². The van der Waals surface area contributed by atoms with E-state index in [-0.39, 0.29) is 24.0 Å². The van der Waals surface area contributed by atoms with Crippen LogP contribution < -0.4 is 20.1 Å². The summed E-state index contributed by atoms with van der Waals surface area (Å²) in [5.41, 5.74) is 1.09. The average molecular weight is 548 g/mol. The van der Waals surface area contributed by atoms with Gasteiger partial charge in [-0.05, 0) is 37.7 Å². The van der Waals surface area contributed by atoms with E-state index in [0.717, 1.165) is 47.7 Å². The molecule has 30 heavy (non-hydrogen) atoms. The standard InChI is InChI=1S/C21H33N5O2S.HI/c1-6-26(7-2)10-11-28-18-9-8-17(12-19(18)27-5)14-24-21(22-4)25-15-20-23-13-16(3)29-20;/h8-9,12-13H,6-7,10-11,14-15H2,1-5H3,(H2,22,24,25);1H. The number of halogens is 1. The number of likely N-dealkylation sites (N-methyl/N-ethyl adjacent to an activating group) is 1. The highest BCUT2D eigenvalue weighted by Gasteiger charge is 2.08. The fourth-order valence-electron chi connectivity index (χ4n) is 2.81. The topological polar surface area (TPSA) is 71.0 Å². The first-order chi connectivity index (χ1) is 14.1. The number of ether oxygens (including phenoxy) is 2. The molecule has 0 saturated carbocycles. The summed E-state index contributed by atoms with van der Waals surface area (Å²) in [6.45, 7) is 11.3. The molecular formula is C21H34IN5O2S. The summed E-state index contributed by atoms with van der Waals surface area (Å²) in [6, 6.07) is 6.00. The van der Waals surface area contributed by atoms with Crippen LogP contribution in [0.15, 0.2) is 29.4 Å². The van der Waals surface area contributed by atoms with Gasteiger partial charge in [-0.15, -0.1) is 35.3 Å². The van der Waals surface area contributed by atoms with E-state index in [1.165, 1.54) is 4.88 Å². The van der Waals surface area contributed by atoms with Crippen LogP contribution in [0.2, 0.25) is 0 Å². The molecule has 0 spiro atoms. The first-order valence-electron chi connectivity index (χ1n) is 9.97. The van der Waals surface area contributed by atoms with Crippen molar-refractivity contribution in [3.8, 4) is 11.5 Å². The lowest BCUT2D eigenvalue weighted by molar-refractivity contribution is 0.217. The molecule has 0 aliphatic carbocycles. The van der Waals surface area contributed by atoms with Gasteiger partial charge in [0.1, 0.15) is 11.6 Å². The minimum atomic E-state index is 0. The predicted molar refractivity (Wildman–Crippen MR) is 136 cm³/mol. The Morgan fingerprint density at radius 3 is 2.50 bits per heavy atom. The normalized spacial score (nSPS) is 11.2. The summed E-state index contributed by atoms with van der Waals surface area (Å²) in [6.07, 6.45) is 1.88. The van der Waals surface area contributed by atoms with Crippen molar-refractivity contribution in [3.63, 3.8) is 0 Å². The van der Waals surface area contributed by atoms with Gasteiger partial charge < -0.3 is 25.0 Å². The second-order valence-corrected chi connectivity index (χ2v) is 7.82. The van der Waals surface area contributed by atoms with Gasteiger partial charge in [-0.2, -0.15) is 0 Å². The van der Waals surface area contributed by atoms with Crippen molar-refractivity contribution in [2.24, 2.45) is 4.99 Å². The Morgan fingerprint density at radius 1 is 1.17 bits per heavy atom. The highest BCUT2D eigenvalue weighted by atomic mass is 127. The van der Waals surface area contributed by atoms with Crippen LogP contribution in [-0.4, -0.2) is 56.2 Å². The van der Waals surface area contributed by atoms with Crippen LogP contribution in [0, 0.1) is 6.92 Å². The number of aromatic nitrogens is 1. The highest BCUT2D eigenvalue weighted by molar-refractivity contribution is 14.0. The number of hydrogen-bond donors (Lipinski definition) is 2. The molecule has 168 valence electrons. The Balaban J connectivity index is 0.00000450. The van der Waals surface area contributed by atoms with Gasteiger partial charge in [0.25, 0.3) is 0 Å². The zero-order valence-electron chi connectivity index (χ0n) is 18.5. The molecule has 0 aliphatic rings. The maximum Gasteiger partial charge on any atom is 0.191 e. The average Bonchev–Trinajstić information content (AvgIpc) is 3.17. The lowest BCUT2D eigenvalue weighted by atomic mass is 10.2. The molecule has 2 aromatic rings. The molecule has 0 radical (unpaired) electrons. The number of nitrogens with one attached hydrogen (secondary N) is 2. The zero-order chi connectivity index (χ0) is 21.1. The number of thiazole rings is 1. The maximum atomic E-state index is 5.92. The fourth-order valence-corrected chi connectivity index (χ4v) is 3.54. The molecule has 0 amide bonds. The Labute approximate surface area is 201 Å². The van der Waals surface area contributed by atoms with E-state index in [0.29, 0.717) is 19.7 Å². The molecule has 0 aliphatic heterocycles. The van der Waals surface area contributed by atoms with Crippen LogP contribution in [0.1, 0.15) is 29.3 Å². The smallest absolute Gasteiger partial charge is 0.191 e. The van der Waals surface area contributed by atoms with Crippen LogP contribution in [0.4, 0.5) is 0 Å². The molecule has 2 N–H and O–H groups in total. The van der Waals surface area contributed by atoms with Crippen LogP contribution in [-0.2, 0) is 13.1 Å². The molecule has 1 aromatic heterocycles. The van der Waals surface area contributed by atoms with Crippen molar-refractivity contribution in [1.29, 1.82) is 0 Å². The van der Waals surface area contributed by atoms with E-state index in [4.69, 9.17) is 9.47 Å². The SMILES string of the molecule is CCN(CC)CCOc1ccc(CNC(=NC)NCc2ncc(C)s2)cc1OC.I. The molecule has 7 nitrogen and oxygen atoms in total. The molecule has 1 heterocycles. The van der Waals surface area contributed by atoms with Crippen LogP contribution >= 0.6 is 35.3 Å².